The Labute approximate surface area is 104 Å². The van der Waals surface area contributed by atoms with Gasteiger partial charge in [0.15, 0.2) is 0 Å². The summed E-state index contributed by atoms with van der Waals surface area (Å²) >= 11 is 3.35. The lowest BCUT2D eigenvalue weighted by molar-refractivity contribution is 0.264. The lowest BCUT2D eigenvalue weighted by Gasteiger charge is -2.20. The molecule has 0 aliphatic carbocycles. The van der Waals surface area contributed by atoms with Crippen molar-refractivity contribution in [2.45, 2.75) is 32.4 Å². The predicted octanol–water partition coefficient (Wildman–Crippen LogP) is 3.01. The van der Waals surface area contributed by atoms with E-state index in [-0.39, 0.29) is 24.5 Å². The van der Waals surface area contributed by atoms with Crippen LogP contribution in [0.25, 0.3) is 0 Å². The van der Waals surface area contributed by atoms with E-state index in [2.05, 4.69) is 21.2 Å². The van der Waals surface area contributed by atoms with Crippen LogP contribution in [0.3, 0.4) is 0 Å². The molecule has 1 rings (SSSR count). The maximum atomic E-state index is 12.9. The third-order valence-electron chi connectivity index (χ3n) is 2.53. The van der Waals surface area contributed by atoms with Crippen LogP contribution in [0.1, 0.15) is 31.9 Å². The number of aliphatic hydroxyl groups is 1. The number of benzene rings is 1. The first-order valence-electron chi connectivity index (χ1n) is 5.36. The zero-order valence-electron chi connectivity index (χ0n) is 9.50. The van der Waals surface area contributed by atoms with Crippen LogP contribution in [0.2, 0.25) is 0 Å². The number of halogens is 2. The summed E-state index contributed by atoms with van der Waals surface area (Å²) in [7, 11) is 0. The molecule has 2 unspecified atom stereocenters. The Morgan fingerprint density at radius 1 is 1.44 bits per heavy atom. The first-order chi connectivity index (χ1) is 7.54. The third kappa shape index (κ3) is 3.85. The van der Waals surface area contributed by atoms with Crippen molar-refractivity contribution in [1.82, 2.24) is 5.32 Å². The summed E-state index contributed by atoms with van der Waals surface area (Å²) in [6, 6.07) is 5.04. The van der Waals surface area contributed by atoms with Crippen molar-refractivity contribution >= 4 is 15.9 Å². The number of aliphatic hydroxyl groups excluding tert-OH is 1. The van der Waals surface area contributed by atoms with Gasteiger partial charge in [-0.05, 0) is 38.0 Å². The lowest BCUT2D eigenvalue weighted by Crippen LogP contribution is -2.29. The number of nitrogens with one attached hydrogen (secondary N) is 1. The molecule has 1 aromatic carbocycles. The van der Waals surface area contributed by atoms with E-state index in [1.807, 2.05) is 13.8 Å². The third-order valence-corrected chi connectivity index (χ3v) is 3.21. The summed E-state index contributed by atoms with van der Waals surface area (Å²) in [5, 5.41) is 12.2. The van der Waals surface area contributed by atoms with E-state index in [9.17, 15) is 4.39 Å². The van der Waals surface area contributed by atoms with Crippen molar-refractivity contribution in [1.29, 1.82) is 0 Å². The standard InChI is InChI=1S/C12H17BrFNO/c1-8(5-6-16)15-9(2)11-4-3-10(14)7-12(11)13/h3-4,7-9,15-16H,5-6H2,1-2H3. The normalized spacial score (nSPS) is 14.8. The Balaban J connectivity index is 2.69. The molecule has 0 spiro atoms. The van der Waals surface area contributed by atoms with Crippen LogP contribution in [0.4, 0.5) is 4.39 Å². The molecule has 0 amide bonds. The van der Waals surface area contributed by atoms with Gasteiger partial charge in [-0.3, -0.25) is 0 Å². The first-order valence-corrected chi connectivity index (χ1v) is 6.15. The van der Waals surface area contributed by atoms with Crippen LogP contribution >= 0.6 is 15.9 Å². The second-order valence-electron chi connectivity index (χ2n) is 3.97. The molecule has 2 nitrogen and oxygen atoms in total. The summed E-state index contributed by atoms with van der Waals surface area (Å²) in [6.07, 6.45) is 0.711. The zero-order valence-corrected chi connectivity index (χ0v) is 11.1. The van der Waals surface area contributed by atoms with Gasteiger partial charge in [-0.15, -0.1) is 0 Å². The van der Waals surface area contributed by atoms with Crippen molar-refractivity contribution in [2.75, 3.05) is 6.61 Å². The molecule has 0 saturated carbocycles. The van der Waals surface area contributed by atoms with Gasteiger partial charge < -0.3 is 10.4 Å². The molecular weight excluding hydrogens is 273 g/mol. The van der Waals surface area contributed by atoms with Crippen molar-refractivity contribution in [3.05, 3.63) is 34.1 Å². The monoisotopic (exact) mass is 289 g/mol. The fourth-order valence-corrected chi connectivity index (χ4v) is 2.34. The van der Waals surface area contributed by atoms with Crippen molar-refractivity contribution in [2.24, 2.45) is 0 Å². The van der Waals surface area contributed by atoms with Gasteiger partial charge in [0.1, 0.15) is 5.82 Å². The molecule has 0 aliphatic rings. The summed E-state index contributed by atoms with van der Waals surface area (Å²) in [5.41, 5.74) is 1.02. The highest BCUT2D eigenvalue weighted by Gasteiger charge is 2.12. The topological polar surface area (TPSA) is 32.3 Å². The second kappa shape index (κ2) is 6.33. The number of hydrogen-bond donors (Lipinski definition) is 2. The summed E-state index contributed by atoms with van der Waals surface area (Å²) in [6.45, 7) is 4.21. The maximum absolute atomic E-state index is 12.9. The smallest absolute Gasteiger partial charge is 0.124 e. The summed E-state index contributed by atoms with van der Waals surface area (Å²) < 4.78 is 13.7. The summed E-state index contributed by atoms with van der Waals surface area (Å²) in [4.78, 5) is 0. The molecule has 0 radical (unpaired) electrons. The molecule has 2 N–H and O–H groups in total. The molecule has 0 saturated heterocycles. The molecule has 90 valence electrons. The second-order valence-corrected chi connectivity index (χ2v) is 4.82. The molecule has 2 atom stereocenters. The SMILES string of the molecule is CC(CCO)NC(C)c1ccc(F)cc1Br. The van der Waals surface area contributed by atoms with Crippen LogP contribution in [0.15, 0.2) is 22.7 Å². The van der Waals surface area contributed by atoms with E-state index in [0.717, 1.165) is 10.0 Å². The fourth-order valence-electron chi connectivity index (χ4n) is 1.65. The highest BCUT2D eigenvalue weighted by atomic mass is 79.9. The highest BCUT2D eigenvalue weighted by molar-refractivity contribution is 9.10. The molecule has 0 aliphatic heterocycles. The van der Waals surface area contributed by atoms with Gasteiger partial charge in [0.25, 0.3) is 0 Å². The van der Waals surface area contributed by atoms with Crippen LogP contribution < -0.4 is 5.32 Å². The van der Waals surface area contributed by atoms with Gasteiger partial charge in [0, 0.05) is 23.2 Å². The molecule has 0 fully saturated rings. The van der Waals surface area contributed by atoms with Gasteiger partial charge in [-0.1, -0.05) is 22.0 Å². The maximum Gasteiger partial charge on any atom is 0.124 e. The molecule has 0 heterocycles. The predicted molar refractivity (Wildman–Crippen MR) is 66.8 cm³/mol. The molecule has 1 aromatic rings. The Morgan fingerprint density at radius 2 is 2.12 bits per heavy atom. The minimum Gasteiger partial charge on any atom is -0.396 e. The quantitative estimate of drug-likeness (QED) is 0.873. The Hall–Kier alpha value is -0.450. The Kier molecular flexibility index (Phi) is 5.38. The minimum atomic E-state index is -0.244. The van der Waals surface area contributed by atoms with Gasteiger partial charge in [-0.25, -0.2) is 4.39 Å². The zero-order chi connectivity index (χ0) is 12.1. The van der Waals surface area contributed by atoms with Crippen LogP contribution in [0, 0.1) is 5.82 Å². The van der Waals surface area contributed by atoms with Gasteiger partial charge in [0.2, 0.25) is 0 Å². The van der Waals surface area contributed by atoms with Crippen LogP contribution in [0.5, 0.6) is 0 Å². The Bertz CT molecular complexity index is 346. The molecular formula is C12H17BrFNO. The van der Waals surface area contributed by atoms with E-state index in [4.69, 9.17) is 5.11 Å². The number of rotatable bonds is 5. The van der Waals surface area contributed by atoms with Crippen LogP contribution in [-0.4, -0.2) is 17.8 Å². The van der Waals surface area contributed by atoms with E-state index in [1.54, 1.807) is 6.07 Å². The highest BCUT2D eigenvalue weighted by Crippen LogP contribution is 2.24. The molecule has 0 aromatic heterocycles. The summed E-state index contributed by atoms with van der Waals surface area (Å²) in [5.74, 6) is -0.244. The van der Waals surface area contributed by atoms with Crippen molar-refractivity contribution in [3.63, 3.8) is 0 Å². The average Bonchev–Trinajstić information content (AvgIpc) is 2.17. The van der Waals surface area contributed by atoms with Gasteiger partial charge in [-0.2, -0.15) is 0 Å². The lowest BCUT2D eigenvalue weighted by atomic mass is 10.1. The minimum absolute atomic E-state index is 0.122. The van der Waals surface area contributed by atoms with Crippen molar-refractivity contribution < 1.29 is 9.50 Å². The molecule has 4 heteroatoms. The largest absolute Gasteiger partial charge is 0.396 e. The Morgan fingerprint density at radius 3 is 2.69 bits per heavy atom. The molecule has 0 bridgehead atoms. The van der Waals surface area contributed by atoms with Gasteiger partial charge >= 0.3 is 0 Å². The van der Waals surface area contributed by atoms with E-state index < -0.39 is 0 Å². The first kappa shape index (κ1) is 13.6. The fraction of sp³-hybridized carbons (Fsp3) is 0.500. The van der Waals surface area contributed by atoms with Crippen LogP contribution in [-0.2, 0) is 0 Å². The van der Waals surface area contributed by atoms with E-state index in [1.165, 1.54) is 12.1 Å². The van der Waals surface area contributed by atoms with Gasteiger partial charge in [0.05, 0.1) is 0 Å². The molecule has 16 heavy (non-hydrogen) atoms. The van der Waals surface area contributed by atoms with E-state index in [0.29, 0.717) is 6.42 Å². The van der Waals surface area contributed by atoms with E-state index >= 15 is 0 Å². The number of hydrogen-bond acceptors (Lipinski definition) is 2. The van der Waals surface area contributed by atoms with Crippen molar-refractivity contribution in [3.8, 4) is 0 Å². The average molecular weight is 290 g/mol.